The maximum Gasteiger partial charge on any atom is 0.333 e. The van der Waals surface area contributed by atoms with Crippen LogP contribution in [0.2, 0.25) is 0 Å². The summed E-state index contributed by atoms with van der Waals surface area (Å²) >= 11 is 0. The van der Waals surface area contributed by atoms with Crippen LogP contribution in [0.1, 0.15) is 37.7 Å². The maximum absolute atomic E-state index is 12.8. The van der Waals surface area contributed by atoms with E-state index in [9.17, 15) is 4.79 Å². The Labute approximate surface area is 152 Å². The highest BCUT2D eigenvalue weighted by Crippen LogP contribution is 2.25. The number of ether oxygens (including phenoxy) is 1. The number of methoxy groups -OCH3 is 1. The first kappa shape index (κ1) is 18.0. The molecule has 0 atom stereocenters. The lowest BCUT2D eigenvalue weighted by atomic mass is 9.89. The summed E-state index contributed by atoms with van der Waals surface area (Å²) in [5.74, 6) is 1.39. The molecule has 2 aromatic heterocycles. The van der Waals surface area contributed by atoms with Crippen molar-refractivity contribution in [2.75, 3.05) is 7.11 Å². The second-order valence-electron chi connectivity index (χ2n) is 6.60. The summed E-state index contributed by atoms with van der Waals surface area (Å²) < 4.78 is 8.61. The fourth-order valence-electron chi connectivity index (χ4n) is 3.53. The van der Waals surface area contributed by atoms with Gasteiger partial charge in [0.1, 0.15) is 5.82 Å². The molecule has 0 saturated heterocycles. The van der Waals surface area contributed by atoms with E-state index in [1.807, 2.05) is 6.20 Å². The van der Waals surface area contributed by atoms with Gasteiger partial charge in [0.2, 0.25) is 5.88 Å². The predicted octanol–water partition coefficient (Wildman–Crippen LogP) is 2.57. The molecule has 1 aliphatic carbocycles. The number of nitrogens with zero attached hydrogens (tertiary/aromatic N) is 3. The Morgan fingerprint density at radius 3 is 2.77 bits per heavy atom. The number of hydrogen-bond donors (Lipinski definition) is 2. The number of hydrogen-bond acceptors (Lipinski definition) is 5. The molecule has 0 aromatic carbocycles. The van der Waals surface area contributed by atoms with Crippen molar-refractivity contribution >= 4 is 11.8 Å². The minimum absolute atomic E-state index is 0.0977. The second-order valence-corrected chi connectivity index (χ2v) is 6.60. The number of imidazole rings is 1. The quantitative estimate of drug-likeness (QED) is 0.778. The molecular weight excluding hydrogens is 330 g/mol. The molecule has 26 heavy (non-hydrogen) atoms. The van der Waals surface area contributed by atoms with Gasteiger partial charge in [-0.25, -0.2) is 4.79 Å². The van der Waals surface area contributed by atoms with Crippen molar-refractivity contribution < 1.29 is 4.74 Å². The lowest BCUT2D eigenvalue weighted by Crippen LogP contribution is -2.27. The van der Waals surface area contributed by atoms with Crippen molar-refractivity contribution in [1.82, 2.24) is 14.1 Å². The molecule has 138 valence electrons. The van der Waals surface area contributed by atoms with Crippen molar-refractivity contribution in [3.63, 3.8) is 0 Å². The number of nitrogens with one attached hydrogen (secondary N) is 1. The Morgan fingerprint density at radius 1 is 1.35 bits per heavy atom. The first-order valence-electron chi connectivity index (χ1n) is 8.94. The van der Waals surface area contributed by atoms with Crippen LogP contribution < -0.4 is 16.2 Å². The van der Waals surface area contributed by atoms with Gasteiger partial charge in [0, 0.05) is 42.5 Å². The van der Waals surface area contributed by atoms with Crippen molar-refractivity contribution in [3.8, 4) is 11.7 Å². The molecule has 0 amide bonds. The monoisotopic (exact) mass is 355 g/mol. The fraction of sp³-hybridized carbons (Fsp3) is 0.421. The molecule has 1 fully saturated rings. The molecule has 2 heterocycles. The number of aromatic nitrogens is 3. The number of nitrogens with two attached hydrogens (primary N) is 1. The highest BCUT2D eigenvalue weighted by atomic mass is 16.5. The minimum Gasteiger partial charge on any atom is -0.480 e. The summed E-state index contributed by atoms with van der Waals surface area (Å²) in [5.41, 5.74) is 6.57. The highest BCUT2D eigenvalue weighted by molar-refractivity contribution is 6.09. The molecule has 2 aromatic rings. The van der Waals surface area contributed by atoms with Gasteiger partial charge in [0.05, 0.1) is 7.11 Å². The van der Waals surface area contributed by atoms with Crippen LogP contribution in [0.3, 0.4) is 0 Å². The van der Waals surface area contributed by atoms with E-state index in [-0.39, 0.29) is 5.69 Å². The van der Waals surface area contributed by atoms with Gasteiger partial charge < -0.3 is 15.9 Å². The first-order valence-corrected chi connectivity index (χ1v) is 8.94. The van der Waals surface area contributed by atoms with Crippen molar-refractivity contribution in [2.45, 2.75) is 38.6 Å². The van der Waals surface area contributed by atoms with Crippen molar-refractivity contribution in [1.29, 1.82) is 5.41 Å². The Hall–Kier alpha value is -2.83. The molecule has 3 rings (SSSR count). The SMILES string of the molecule is COc1nc(-n2ccn(CC3CCCCC3)c2=O)ccc1/C(C=N)=C/N. The molecule has 0 radical (unpaired) electrons. The first-order chi connectivity index (χ1) is 12.7. The standard InChI is InChI=1S/C19H25N5O2/c1-26-18-16(15(11-20)12-21)7-8-17(22-18)24-10-9-23(19(24)25)13-14-5-3-2-4-6-14/h7-12,14,20H,2-6,13,21H2,1H3/b15-12+,20-11?. The van der Waals surface area contributed by atoms with Crippen LogP contribution in [0.4, 0.5) is 0 Å². The molecule has 0 unspecified atom stereocenters. The van der Waals surface area contributed by atoms with Crippen LogP contribution in [0.25, 0.3) is 11.4 Å². The van der Waals surface area contributed by atoms with Crippen LogP contribution in [0.5, 0.6) is 5.88 Å². The summed E-state index contributed by atoms with van der Waals surface area (Å²) in [7, 11) is 1.50. The number of allylic oxidation sites excluding steroid dienone is 1. The van der Waals surface area contributed by atoms with Crippen LogP contribution in [0.15, 0.2) is 35.5 Å². The summed E-state index contributed by atoms with van der Waals surface area (Å²) in [6, 6.07) is 3.49. The van der Waals surface area contributed by atoms with E-state index in [2.05, 4.69) is 4.98 Å². The zero-order valence-corrected chi connectivity index (χ0v) is 15.0. The van der Waals surface area contributed by atoms with Gasteiger partial charge in [-0.3, -0.25) is 9.13 Å². The van der Waals surface area contributed by atoms with Gasteiger partial charge >= 0.3 is 5.69 Å². The summed E-state index contributed by atoms with van der Waals surface area (Å²) in [6.07, 6.45) is 12.2. The summed E-state index contributed by atoms with van der Waals surface area (Å²) in [5, 5.41) is 7.43. The molecule has 0 bridgehead atoms. The maximum atomic E-state index is 12.8. The van der Waals surface area contributed by atoms with E-state index in [0.717, 1.165) is 12.8 Å². The van der Waals surface area contributed by atoms with Crippen LogP contribution >= 0.6 is 0 Å². The number of rotatable bonds is 6. The predicted molar refractivity (Wildman–Crippen MR) is 102 cm³/mol. The van der Waals surface area contributed by atoms with Crippen LogP contribution in [-0.2, 0) is 6.54 Å². The lowest BCUT2D eigenvalue weighted by molar-refractivity contribution is 0.316. The minimum atomic E-state index is -0.0977. The van der Waals surface area contributed by atoms with Crippen molar-refractivity contribution in [2.24, 2.45) is 11.7 Å². The molecule has 7 nitrogen and oxygen atoms in total. The Morgan fingerprint density at radius 2 is 2.12 bits per heavy atom. The largest absolute Gasteiger partial charge is 0.480 e. The van der Waals surface area contributed by atoms with Gasteiger partial charge in [-0.2, -0.15) is 4.98 Å². The third-order valence-electron chi connectivity index (χ3n) is 4.96. The van der Waals surface area contributed by atoms with E-state index in [0.29, 0.717) is 28.8 Å². The summed E-state index contributed by atoms with van der Waals surface area (Å²) in [4.78, 5) is 17.2. The molecule has 0 aliphatic heterocycles. The van der Waals surface area contributed by atoms with E-state index in [4.69, 9.17) is 15.9 Å². The van der Waals surface area contributed by atoms with Gasteiger partial charge in [0.25, 0.3) is 0 Å². The van der Waals surface area contributed by atoms with Crippen LogP contribution in [0, 0.1) is 11.3 Å². The average molecular weight is 355 g/mol. The van der Waals surface area contributed by atoms with Crippen molar-refractivity contribution in [3.05, 3.63) is 46.8 Å². The van der Waals surface area contributed by atoms with Gasteiger partial charge in [-0.05, 0) is 30.9 Å². The zero-order chi connectivity index (χ0) is 18.5. The van der Waals surface area contributed by atoms with Gasteiger partial charge in [-0.1, -0.05) is 19.3 Å². The highest BCUT2D eigenvalue weighted by Gasteiger charge is 2.17. The molecule has 1 aliphatic rings. The van der Waals surface area contributed by atoms with Crippen LogP contribution in [-0.4, -0.2) is 27.4 Å². The fourth-order valence-corrected chi connectivity index (χ4v) is 3.53. The third kappa shape index (κ3) is 3.56. The normalized spacial score (nSPS) is 15.8. The molecule has 7 heteroatoms. The molecular formula is C19H25N5O2. The molecule has 1 saturated carbocycles. The lowest BCUT2D eigenvalue weighted by Gasteiger charge is -2.21. The van der Waals surface area contributed by atoms with E-state index in [1.165, 1.54) is 50.0 Å². The third-order valence-corrected chi connectivity index (χ3v) is 4.96. The number of pyridine rings is 1. The Kier molecular flexibility index (Phi) is 5.55. The van der Waals surface area contributed by atoms with Gasteiger partial charge in [0.15, 0.2) is 0 Å². The molecule has 0 spiro atoms. The molecule has 3 N–H and O–H groups in total. The summed E-state index contributed by atoms with van der Waals surface area (Å²) in [6.45, 7) is 0.759. The Balaban J connectivity index is 1.89. The zero-order valence-electron chi connectivity index (χ0n) is 15.0. The topological polar surface area (TPSA) is 98.9 Å². The smallest absolute Gasteiger partial charge is 0.333 e. The Bertz CT molecular complexity index is 859. The van der Waals surface area contributed by atoms with E-state index in [1.54, 1.807) is 22.9 Å². The van der Waals surface area contributed by atoms with E-state index < -0.39 is 0 Å². The average Bonchev–Trinajstić information content (AvgIpc) is 3.04. The van der Waals surface area contributed by atoms with Gasteiger partial charge in [-0.15, -0.1) is 0 Å². The second kappa shape index (κ2) is 8.03. The van der Waals surface area contributed by atoms with E-state index >= 15 is 0 Å².